The number of nitrogens with zero attached hydrogens (tertiary/aromatic N) is 3. The van der Waals surface area contributed by atoms with Crippen LogP contribution in [0.5, 0.6) is 5.75 Å². The third-order valence-corrected chi connectivity index (χ3v) is 8.02. The molecule has 0 spiro atoms. The van der Waals surface area contributed by atoms with E-state index in [1.54, 1.807) is 0 Å². The van der Waals surface area contributed by atoms with Crippen LogP contribution in [0.3, 0.4) is 0 Å². The van der Waals surface area contributed by atoms with Crippen LogP contribution in [-0.2, 0) is 4.79 Å². The molecule has 1 aromatic heterocycles. The Morgan fingerprint density at radius 1 is 1.05 bits per heavy atom. The summed E-state index contributed by atoms with van der Waals surface area (Å²) in [6.07, 6.45) is 5.04. The number of nitrogens with one attached hydrogen (secondary N) is 1. The van der Waals surface area contributed by atoms with Gasteiger partial charge in [0.15, 0.2) is 5.58 Å². The summed E-state index contributed by atoms with van der Waals surface area (Å²) in [6.45, 7) is 13.0. The van der Waals surface area contributed by atoms with E-state index in [9.17, 15) is 4.79 Å². The van der Waals surface area contributed by atoms with Crippen molar-refractivity contribution in [3.05, 3.63) is 48.0 Å². The third-order valence-electron chi connectivity index (χ3n) is 8.02. The summed E-state index contributed by atoms with van der Waals surface area (Å²) >= 11 is 0. The van der Waals surface area contributed by atoms with Crippen LogP contribution in [0.4, 0.5) is 0 Å². The number of piperidine rings is 1. The first-order valence-corrected chi connectivity index (χ1v) is 13.4. The van der Waals surface area contributed by atoms with Gasteiger partial charge in [0.05, 0.1) is 5.71 Å². The molecule has 1 N–H and O–H groups in total. The fourth-order valence-electron chi connectivity index (χ4n) is 6.02. The van der Waals surface area contributed by atoms with Crippen molar-refractivity contribution >= 4 is 22.7 Å². The summed E-state index contributed by atoms with van der Waals surface area (Å²) in [4.78, 5) is 19.0. The van der Waals surface area contributed by atoms with E-state index in [4.69, 9.17) is 9.15 Å². The number of hydrogen-bond acceptors (Lipinski definition) is 6. The van der Waals surface area contributed by atoms with Gasteiger partial charge in [-0.3, -0.25) is 9.69 Å². The number of aromatic nitrogens is 1. The number of likely N-dealkylation sites (tertiary alicyclic amines) is 1. The standard InChI is InChI=1S/C30H38N4O3/c1-6-20-19-26(35)32-33-27(20)22-10-13-24-25(18-22)37-28(31-24)21-8-11-23(12-9-21)36-17-16-34-29(2,3)14-7-15-30(34,4)5/h8-13,18,20H,6-7,14-17,19H2,1-5H3,(H,32,35). The third kappa shape index (κ3) is 5.28. The van der Waals surface area contributed by atoms with E-state index in [1.165, 1.54) is 19.3 Å². The molecule has 1 fully saturated rings. The molecule has 2 aromatic carbocycles. The predicted octanol–water partition coefficient (Wildman–Crippen LogP) is 6.17. The van der Waals surface area contributed by atoms with Crippen LogP contribution in [0, 0.1) is 5.92 Å². The number of carbonyl (C=O) groups is 1. The second-order valence-electron chi connectivity index (χ2n) is 11.5. The maximum Gasteiger partial charge on any atom is 0.240 e. The van der Waals surface area contributed by atoms with Gasteiger partial charge in [-0.05, 0) is 89.8 Å². The van der Waals surface area contributed by atoms with E-state index < -0.39 is 0 Å². The van der Waals surface area contributed by atoms with E-state index in [0.717, 1.165) is 41.1 Å². The van der Waals surface area contributed by atoms with E-state index >= 15 is 0 Å². The molecule has 1 saturated heterocycles. The number of fused-ring (bicyclic) bond motifs is 1. The number of amides is 1. The van der Waals surface area contributed by atoms with Gasteiger partial charge in [0.1, 0.15) is 17.9 Å². The van der Waals surface area contributed by atoms with Crippen molar-refractivity contribution in [2.24, 2.45) is 11.0 Å². The first-order chi connectivity index (χ1) is 17.7. The molecule has 1 unspecified atom stereocenters. The van der Waals surface area contributed by atoms with Crippen LogP contribution >= 0.6 is 0 Å². The number of rotatable bonds is 7. The Morgan fingerprint density at radius 3 is 2.46 bits per heavy atom. The number of hydrogen-bond donors (Lipinski definition) is 1. The van der Waals surface area contributed by atoms with Crippen LogP contribution < -0.4 is 10.2 Å². The lowest BCUT2D eigenvalue weighted by atomic mass is 9.80. The molecule has 196 valence electrons. The molecule has 7 nitrogen and oxygen atoms in total. The smallest absolute Gasteiger partial charge is 0.240 e. The fourth-order valence-corrected chi connectivity index (χ4v) is 6.02. The second-order valence-corrected chi connectivity index (χ2v) is 11.5. The van der Waals surface area contributed by atoms with Gasteiger partial charge in [0, 0.05) is 41.1 Å². The highest BCUT2D eigenvalue weighted by molar-refractivity contribution is 6.07. The van der Waals surface area contributed by atoms with Crippen molar-refractivity contribution in [3.63, 3.8) is 0 Å². The van der Waals surface area contributed by atoms with Crippen molar-refractivity contribution in [1.82, 2.24) is 15.3 Å². The Balaban J connectivity index is 1.26. The highest BCUT2D eigenvalue weighted by Crippen LogP contribution is 2.38. The maximum absolute atomic E-state index is 11.7. The minimum Gasteiger partial charge on any atom is -0.492 e. The molecule has 3 aromatic rings. The minimum atomic E-state index is -0.0368. The quantitative estimate of drug-likeness (QED) is 0.418. The molecular weight excluding hydrogens is 464 g/mol. The molecule has 2 aliphatic heterocycles. The summed E-state index contributed by atoms with van der Waals surface area (Å²) < 4.78 is 12.2. The van der Waals surface area contributed by atoms with Gasteiger partial charge in [-0.1, -0.05) is 13.0 Å². The zero-order valence-corrected chi connectivity index (χ0v) is 22.6. The van der Waals surface area contributed by atoms with Crippen molar-refractivity contribution in [3.8, 4) is 17.2 Å². The number of ether oxygens (including phenoxy) is 1. The summed E-state index contributed by atoms with van der Waals surface area (Å²) in [7, 11) is 0. The highest BCUT2D eigenvalue weighted by Gasteiger charge is 2.40. The molecule has 3 heterocycles. The van der Waals surface area contributed by atoms with Crippen LogP contribution in [0.1, 0.15) is 72.3 Å². The van der Waals surface area contributed by atoms with Crippen molar-refractivity contribution in [2.75, 3.05) is 13.2 Å². The SMILES string of the molecule is CCC1CC(=O)NN=C1c1ccc2nc(-c3ccc(OCCN4C(C)(C)CCCC4(C)C)cc3)oc2c1. The first-order valence-electron chi connectivity index (χ1n) is 13.4. The van der Waals surface area contributed by atoms with Crippen LogP contribution in [0.2, 0.25) is 0 Å². The first kappa shape index (κ1) is 25.5. The molecule has 0 aliphatic carbocycles. The summed E-state index contributed by atoms with van der Waals surface area (Å²) in [5.74, 6) is 1.48. The molecule has 0 bridgehead atoms. The Hall–Kier alpha value is -3.19. The van der Waals surface area contributed by atoms with Crippen molar-refractivity contribution in [2.45, 2.75) is 77.8 Å². The average Bonchev–Trinajstić information content (AvgIpc) is 3.29. The molecule has 7 heteroatoms. The molecule has 1 atom stereocenters. The largest absolute Gasteiger partial charge is 0.492 e. The fraction of sp³-hybridized carbons (Fsp3) is 0.500. The summed E-state index contributed by atoms with van der Waals surface area (Å²) in [5, 5.41) is 4.32. The van der Waals surface area contributed by atoms with Gasteiger partial charge in [-0.25, -0.2) is 10.4 Å². The average molecular weight is 503 g/mol. The van der Waals surface area contributed by atoms with Gasteiger partial charge in [0.25, 0.3) is 0 Å². The molecule has 0 radical (unpaired) electrons. The van der Waals surface area contributed by atoms with Gasteiger partial charge in [0.2, 0.25) is 11.8 Å². The van der Waals surface area contributed by atoms with Gasteiger partial charge in [-0.2, -0.15) is 5.10 Å². The van der Waals surface area contributed by atoms with Crippen LogP contribution in [0.15, 0.2) is 52.0 Å². The highest BCUT2D eigenvalue weighted by atomic mass is 16.5. The van der Waals surface area contributed by atoms with E-state index in [2.05, 4.69) is 55.0 Å². The van der Waals surface area contributed by atoms with Gasteiger partial charge >= 0.3 is 0 Å². The number of hydrazone groups is 1. The Bertz CT molecular complexity index is 1290. The van der Waals surface area contributed by atoms with Crippen LogP contribution in [-0.4, -0.2) is 45.7 Å². The normalized spacial score (nSPS) is 21.5. The topological polar surface area (TPSA) is 80.0 Å². The van der Waals surface area contributed by atoms with Gasteiger partial charge in [-0.15, -0.1) is 0 Å². The summed E-state index contributed by atoms with van der Waals surface area (Å²) in [5.41, 5.74) is 7.22. The molecule has 37 heavy (non-hydrogen) atoms. The lowest BCUT2D eigenvalue weighted by molar-refractivity contribution is -0.122. The van der Waals surface area contributed by atoms with Crippen molar-refractivity contribution in [1.29, 1.82) is 0 Å². The number of benzene rings is 2. The lowest BCUT2D eigenvalue weighted by Crippen LogP contribution is -2.59. The second kappa shape index (κ2) is 9.93. The lowest BCUT2D eigenvalue weighted by Gasteiger charge is -2.53. The maximum atomic E-state index is 11.7. The molecular formula is C30H38N4O3. The minimum absolute atomic E-state index is 0.0368. The predicted molar refractivity (Wildman–Crippen MR) is 147 cm³/mol. The molecule has 5 rings (SSSR count). The molecule has 0 saturated carbocycles. The van der Waals surface area contributed by atoms with E-state index in [1.807, 2.05) is 42.5 Å². The number of oxazole rings is 1. The molecule has 1 amide bonds. The van der Waals surface area contributed by atoms with Crippen LogP contribution in [0.25, 0.3) is 22.6 Å². The van der Waals surface area contributed by atoms with E-state index in [-0.39, 0.29) is 22.9 Å². The molecule has 2 aliphatic rings. The Morgan fingerprint density at radius 2 is 1.76 bits per heavy atom. The van der Waals surface area contributed by atoms with Gasteiger partial charge < -0.3 is 9.15 Å². The zero-order chi connectivity index (χ0) is 26.2. The van der Waals surface area contributed by atoms with Crippen molar-refractivity contribution < 1.29 is 13.9 Å². The van der Waals surface area contributed by atoms with E-state index in [0.29, 0.717) is 24.5 Å². The monoisotopic (exact) mass is 502 g/mol. The number of carbonyl (C=O) groups excluding carboxylic acids is 1. The Kier molecular flexibility index (Phi) is 6.84. The summed E-state index contributed by atoms with van der Waals surface area (Å²) in [6, 6.07) is 13.8. The zero-order valence-electron chi connectivity index (χ0n) is 22.6. The Labute approximate surface area is 219 Å².